The van der Waals surface area contributed by atoms with E-state index in [-0.39, 0.29) is 12.0 Å². The van der Waals surface area contributed by atoms with Crippen LogP contribution in [0.3, 0.4) is 0 Å². The molecule has 0 aliphatic carbocycles. The molecule has 0 fully saturated rings. The summed E-state index contributed by atoms with van der Waals surface area (Å²) in [5, 5.41) is 12.1. The third-order valence-electron chi connectivity index (χ3n) is 3.02. The molecular weight excluding hydrogens is 270 g/mol. The fourth-order valence-corrected chi connectivity index (χ4v) is 2.08. The van der Waals surface area contributed by atoms with Gasteiger partial charge in [0.2, 0.25) is 5.91 Å². The lowest BCUT2D eigenvalue weighted by Crippen LogP contribution is -2.28. The summed E-state index contributed by atoms with van der Waals surface area (Å²) in [6.45, 7) is 3.11. The second kappa shape index (κ2) is 8.49. The first kappa shape index (κ1) is 17.3. The van der Waals surface area contributed by atoms with Crippen molar-refractivity contribution in [3.8, 4) is 5.75 Å². The summed E-state index contributed by atoms with van der Waals surface area (Å²) in [6, 6.07) is 5.12. The Balaban J connectivity index is 2.40. The highest BCUT2D eigenvalue weighted by atomic mass is 16.5. The number of aliphatic hydroxyl groups is 1. The molecule has 0 spiro atoms. The van der Waals surface area contributed by atoms with Gasteiger partial charge in [-0.15, -0.1) is 0 Å². The van der Waals surface area contributed by atoms with Crippen LogP contribution in [0.4, 0.5) is 11.4 Å². The van der Waals surface area contributed by atoms with Crippen molar-refractivity contribution in [3.63, 3.8) is 0 Å². The van der Waals surface area contributed by atoms with Gasteiger partial charge in [0.25, 0.3) is 0 Å². The van der Waals surface area contributed by atoms with E-state index < -0.39 is 0 Å². The van der Waals surface area contributed by atoms with E-state index in [1.165, 1.54) is 7.11 Å². The highest BCUT2D eigenvalue weighted by Gasteiger charge is 2.09. The Bertz CT molecular complexity index is 463. The first-order chi connectivity index (χ1) is 9.92. The largest absolute Gasteiger partial charge is 0.494 e. The molecule has 0 aliphatic rings. The number of likely N-dealkylation sites (N-methyl/N-ethyl adjacent to an activating group) is 1. The topological polar surface area (TPSA) is 87.8 Å². The predicted octanol–water partition coefficient (Wildman–Crippen LogP) is 1.31. The van der Waals surface area contributed by atoms with Gasteiger partial charge in [0.15, 0.2) is 0 Å². The summed E-state index contributed by atoms with van der Waals surface area (Å²) < 4.78 is 5.18. The third-order valence-corrected chi connectivity index (χ3v) is 3.02. The van der Waals surface area contributed by atoms with Crippen molar-refractivity contribution in [2.45, 2.75) is 25.9 Å². The molecule has 1 rings (SSSR count). The Morgan fingerprint density at radius 3 is 2.86 bits per heavy atom. The van der Waals surface area contributed by atoms with Gasteiger partial charge >= 0.3 is 0 Å². The zero-order valence-corrected chi connectivity index (χ0v) is 12.9. The van der Waals surface area contributed by atoms with Gasteiger partial charge in [-0.3, -0.25) is 4.79 Å². The molecule has 0 saturated heterocycles. The van der Waals surface area contributed by atoms with E-state index in [0.717, 1.165) is 13.0 Å². The molecular formula is C15H25N3O3. The Morgan fingerprint density at radius 2 is 2.24 bits per heavy atom. The van der Waals surface area contributed by atoms with Gasteiger partial charge in [-0.1, -0.05) is 0 Å². The Kier molecular flexibility index (Phi) is 6.98. The number of nitrogens with zero attached hydrogens (tertiary/aromatic N) is 1. The zero-order chi connectivity index (χ0) is 15.8. The number of benzene rings is 1. The van der Waals surface area contributed by atoms with Crippen molar-refractivity contribution in [1.82, 2.24) is 4.90 Å². The van der Waals surface area contributed by atoms with Gasteiger partial charge in [-0.05, 0) is 39.1 Å². The minimum atomic E-state index is -0.358. The van der Waals surface area contributed by atoms with Gasteiger partial charge in [-0.25, -0.2) is 0 Å². The molecule has 0 heterocycles. The molecule has 0 aromatic heterocycles. The Morgan fingerprint density at radius 1 is 1.52 bits per heavy atom. The Hall–Kier alpha value is -1.79. The number of carbonyl (C=O) groups is 1. The van der Waals surface area contributed by atoms with Crippen LogP contribution in [0.25, 0.3) is 0 Å². The summed E-state index contributed by atoms with van der Waals surface area (Å²) >= 11 is 0. The maximum absolute atomic E-state index is 11.9. The normalized spacial score (nSPS) is 12.2. The van der Waals surface area contributed by atoms with Crippen LogP contribution in [0.5, 0.6) is 5.75 Å². The minimum Gasteiger partial charge on any atom is -0.494 e. The van der Waals surface area contributed by atoms with Crippen LogP contribution in [-0.4, -0.2) is 49.3 Å². The number of aliphatic hydroxyl groups excluding tert-OH is 1. The third kappa shape index (κ3) is 6.46. The van der Waals surface area contributed by atoms with Crippen LogP contribution >= 0.6 is 0 Å². The number of hydrogen-bond donors (Lipinski definition) is 3. The molecule has 1 aromatic rings. The molecule has 0 bridgehead atoms. The number of nitrogen functional groups attached to an aromatic ring is 1. The average Bonchev–Trinajstić information content (AvgIpc) is 2.39. The fraction of sp³-hybridized carbons (Fsp3) is 0.533. The quantitative estimate of drug-likeness (QED) is 0.629. The molecule has 6 nitrogen and oxygen atoms in total. The monoisotopic (exact) mass is 295 g/mol. The predicted molar refractivity (Wildman–Crippen MR) is 84.4 cm³/mol. The highest BCUT2D eigenvalue weighted by molar-refractivity contribution is 5.92. The molecule has 6 heteroatoms. The number of hydrogen-bond acceptors (Lipinski definition) is 5. The lowest BCUT2D eigenvalue weighted by molar-refractivity contribution is -0.116. The number of anilines is 2. The number of nitrogens with one attached hydrogen (secondary N) is 1. The highest BCUT2D eigenvalue weighted by Crippen LogP contribution is 2.26. The van der Waals surface area contributed by atoms with E-state index in [1.54, 1.807) is 25.1 Å². The van der Waals surface area contributed by atoms with Gasteiger partial charge in [-0.2, -0.15) is 0 Å². The van der Waals surface area contributed by atoms with Crippen molar-refractivity contribution in [2.75, 3.05) is 38.3 Å². The molecule has 0 radical (unpaired) electrons. The van der Waals surface area contributed by atoms with E-state index in [0.29, 0.717) is 30.1 Å². The number of methoxy groups -OCH3 is 1. The van der Waals surface area contributed by atoms with Gasteiger partial charge in [0, 0.05) is 24.7 Å². The van der Waals surface area contributed by atoms with Crippen molar-refractivity contribution in [2.24, 2.45) is 0 Å². The number of nitrogens with two attached hydrogens (primary N) is 1. The first-order valence-electron chi connectivity index (χ1n) is 7.02. The van der Waals surface area contributed by atoms with Crippen LogP contribution < -0.4 is 15.8 Å². The molecule has 1 amide bonds. The van der Waals surface area contributed by atoms with Crippen LogP contribution in [0.2, 0.25) is 0 Å². The van der Waals surface area contributed by atoms with Crippen molar-refractivity contribution in [3.05, 3.63) is 18.2 Å². The standard InChI is InChI=1S/C15H25N3O3/c1-11(19)10-18(2)8-4-5-15(20)17-13-7-6-12(16)9-14(13)21-3/h6-7,9,11,19H,4-5,8,10,16H2,1-3H3,(H,17,20). The summed E-state index contributed by atoms with van der Waals surface area (Å²) in [5.74, 6) is 0.484. The molecule has 1 aromatic carbocycles. The maximum Gasteiger partial charge on any atom is 0.224 e. The maximum atomic E-state index is 11.9. The van der Waals surface area contributed by atoms with Gasteiger partial charge in [0.1, 0.15) is 5.75 Å². The summed E-state index contributed by atoms with van der Waals surface area (Å²) in [4.78, 5) is 13.9. The number of carbonyl (C=O) groups excluding carboxylic acids is 1. The van der Waals surface area contributed by atoms with Crippen molar-refractivity contribution in [1.29, 1.82) is 0 Å². The molecule has 1 atom stereocenters. The Labute approximate surface area is 125 Å². The van der Waals surface area contributed by atoms with E-state index in [2.05, 4.69) is 5.32 Å². The van der Waals surface area contributed by atoms with Crippen LogP contribution in [0.15, 0.2) is 18.2 Å². The fourth-order valence-electron chi connectivity index (χ4n) is 2.08. The summed E-state index contributed by atoms with van der Waals surface area (Å²) in [7, 11) is 3.46. The summed E-state index contributed by atoms with van der Waals surface area (Å²) in [5.41, 5.74) is 6.88. The zero-order valence-electron chi connectivity index (χ0n) is 12.9. The molecule has 21 heavy (non-hydrogen) atoms. The SMILES string of the molecule is COc1cc(N)ccc1NC(=O)CCCN(C)CC(C)O. The molecule has 118 valence electrons. The summed E-state index contributed by atoms with van der Waals surface area (Å²) in [6.07, 6.45) is 0.784. The molecule has 4 N–H and O–H groups in total. The molecule has 0 saturated carbocycles. The van der Waals surface area contributed by atoms with E-state index in [1.807, 2.05) is 11.9 Å². The van der Waals surface area contributed by atoms with Crippen molar-refractivity contribution < 1.29 is 14.6 Å². The van der Waals surface area contributed by atoms with Crippen LogP contribution in [-0.2, 0) is 4.79 Å². The minimum absolute atomic E-state index is 0.0662. The lowest BCUT2D eigenvalue weighted by Gasteiger charge is -2.18. The van der Waals surface area contributed by atoms with E-state index in [4.69, 9.17) is 10.5 Å². The molecule has 1 unspecified atom stereocenters. The lowest BCUT2D eigenvalue weighted by atomic mass is 10.2. The number of ether oxygens (including phenoxy) is 1. The van der Waals surface area contributed by atoms with Gasteiger partial charge < -0.3 is 25.8 Å². The van der Waals surface area contributed by atoms with Crippen LogP contribution in [0, 0.1) is 0 Å². The van der Waals surface area contributed by atoms with E-state index >= 15 is 0 Å². The number of rotatable bonds is 8. The van der Waals surface area contributed by atoms with Crippen molar-refractivity contribution >= 4 is 17.3 Å². The second-order valence-electron chi connectivity index (χ2n) is 5.22. The van der Waals surface area contributed by atoms with E-state index in [9.17, 15) is 9.90 Å². The first-order valence-corrected chi connectivity index (χ1v) is 7.02. The number of amides is 1. The van der Waals surface area contributed by atoms with Crippen LogP contribution in [0.1, 0.15) is 19.8 Å². The molecule has 0 aliphatic heterocycles. The van der Waals surface area contributed by atoms with Gasteiger partial charge in [0.05, 0.1) is 18.9 Å². The smallest absolute Gasteiger partial charge is 0.224 e. The average molecular weight is 295 g/mol. The second-order valence-corrected chi connectivity index (χ2v) is 5.22.